The molecule has 144 valence electrons. The fraction of sp³-hybridized carbons (Fsp3) is 0.588. The first-order chi connectivity index (χ1) is 11.4. The lowest BCUT2D eigenvalue weighted by Gasteiger charge is -2.13. The minimum atomic E-state index is -3.42. The van der Waals surface area contributed by atoms with Gasteiger partial charge in [-0.15, -0.1) is 24.0 Å². The number of benzene rings is 1. The number of halogens is 1. The molecule has 0 aliphatic carbocycles. The van der Waals surface area contributed by atoms with Gasteiger partial charge < -0.3 is 10.6 Å². The van der Waals surface area contributed by atoms with E-state index in [0.717, 1.165) is 30.4 Å². The number of hydrogen-bond donors (Lipinski definition) is 3. The van der Waals surface area contributed by atoms with Crippen LogP contribution in [-0.4, -0.2) is 35.0 Å². The van der Waals surface area contributed by atoms with Gasteiger partial charge >= 0.3 is 0 Å². The van der Waals surface area contributed by atoms with Gasteiger partial charge in [0.25, 0.3) is 0 Å². The summed E-state index contributed by atoms with van der Waals surface area (Å²) in [4.78, 5) is 4.45. The molecule has 0 spiro atoms. The smallest absolute Gasteiger partial charge is 0.240 e. The molecule has 0 aliphatic rings. The Labute approximate surface area is 169 Å². The van der Waals surface area contributed by atoms with Crippen LogP contribution in [0.1, 0.15) is 38.7 Å². The van der Waals surface area contributed by atoms with Gasteiger partial charge in [0, 0.05) is 20.1 Å². The second-order valence-electron chi connectivity index (χ2n) is 6.10. The first-order valence-corrected chi connectivity index (χ1v) is 9.84. The van der Waals surface area contributed by atoms with Gasteiger partial charge in [0.15, 0.2) is 5.96 Å². The zero-order valence-electron chi connectivity index (χ0n) is 15.5. The second-order valence-corrected chi connectivity index (χ2v) is 7.98. The molecule has 25 heavy (non-hydrogen) atoms. The molecule has 0 radical (unpaired) electrons. The Morgan fingerprint density at radius 1 is 1.20 bits per heavy atom. The summed E-state index contributed by atoms with van der Waals surface area (Å²) >= 11 is 0. The molecule has 0 unspecified atom stereocenters. The molecule has 8 heteroatoms. The number of unbranched alkanes of at least 4 members (excludes halogenated alkanes) is 1. The van der Waals surface area contributed by atoms with E-state index in [2.05, 4.69) is 34.2 Å². The van der Waals surface area contributed by atoms with Crippen molar-refractivity contribution in [2.75, 3.05) is 20.6 Å². The maximum Gasteiger partial charge on any atom is 0.240 e. The number of nitrogens with one attached hydrogen (secondary N) is 3. The number of guanidine groups is 1. The average molecular weight is 482 g/mol. The van der Waals surface area contributed by atoms with E-state index in [1.165, 1.54) is 19.9 Å². The highest BCUT2D eigenvalue weighted by atomic mass is 127. The summed E-state index contributed by atoms with van der Waals surface area (Å²) in [6.07, 6.45) is 3.54. The van der Waals surface area contributed by atoms with Crippen LogP contribution >= 0.6 is 24.0 Å². The van der Waals surface area contributed by atoms with E-state index in [9.17, 15) is 8.42 Å². The maximum atomic E-state index is 11.8. The monoisotopic (exact) mass is 482 g/mol. The topological polar surface area (TPSA) is 82.6 Å². The average Bonchev–Trinajstić information content (AvgIpc) is 2.57. The van der Waals surface area contributed by atoms with Crippen molar-refractivity contribution in [1.29, 1.82) is 0 Å². The lowest BCUT2D eigenvalue weighted by Crippen LogP contribution is -2.37. The second kappa shape index (κ2) is 12.5. The van der Waals surface area contributed by atoms with Gasteiger partial charge in [-0.2, -0.15) is 0 Å². The van der Waals surface area contributed by atoms with E-state index in [-0.39, 0.29) is 28.9 Å². The van der Waals surface area contributed by atoms with Gasteiger partial charge in [0.05, 0.1) is 4.90 Å². The van der Waals surface area contributed by atoms with Crippen molar-refractivity contribution < 1.29 is 8.42 Å². The Hall–Kier alpha value is -0.870. The summed E-state index contributed by atoms with van der Waals surface area (Å²) in [5.74, 6) is 1.46. The van der Waals surface area contributed by atoms with Crippen LogP contribution in [0.15, 0.2) is 34.2 Å². The van der Waals surface area contributed by atoms with E-state index in [4.69, 9.17) is 0 Å². The number of hydrogen-bond acceptors (Lipinski definition) is 3. The molecule has 0 atom stereocenters. The van der Waals surface area contributed by atoms with Gasteiger partial charge in [-0.3, -0.25) is 4.99 Å². The van der Waals surface area contributed by atoms with Crippen LogP contribution in [-0.2, 0) is 16.6 Å². The van der Waals surface area contributed by atoms with Crippen molar-refractivity contribution in [3.05, 3.63) is 29.8 Å². The molecular formula is C17H31IN4O2S. The minimum absolute atomic E-state index is 0. The Kier molecular flexibility index (Phi) is 12.0. The molecule has 1 aromatic carbocycles. The Morgan fingerprint density at radius 2 is 1.92 bits per heavy atom. The van der Waals surface area contributed by atoms with Gasteiger partial charge in [0.1, 0.15) is 0 Å². The number of aliphatic imine (C=N–C) groups is 1. The number of sulfonamides is 1. The van der Waals surface area contributed by atoms with Crippen molar-refractivity contribution in [3.8, 4) is 0 Å². The number of rotatable bonds is 9. The lowest BCUT2D eigenvalue weighted by molar-refractivity contribution is 0.534. The summed E-state index contributed by atoms with van der Waals surface area (Å²) in [6, 6.07) is 6.87. The van der Waals surface area contributed by atoms with E-state index < -0.39 is 10.0 Å². The van der Waals surface area contributed by atoms with Crippen LogP contribution in [0.4, 0.5) is 0 Å². The molecule has 0 saturated carbocycles. The predicted octanol–water partition coefficient (Wildman–Crippen LogP) is 2.70. The third-order valence-corrected chi connectivity index (χ3v) is 5.07. The molecule has 1 aromatic rings. The highest BCUT2D eigenvalue weighted by molar-refractivity contribution is 14.0. The fourth-order valence-corrected chi connectivity index (χ4v) is 3.03. The van der Waals surface area contributed by atoms with Crippen molar-refractivity contribution in [1.82, 2.24) is 15.4 Å². The molecular weight excluding hydrogens is 451 g/mol. The third kappa shape index (κ3) is 9.41. The maximum absolute atomic E-state index is 11.8. The van der Waals surface area contributed by atoms with Crippen LogP contribution < -0.4 is 15.4 Å². The summed E-state index contributed by atoms with van der Waals surface area (Å²) < 4.78 is 26.0. The fourth-order valence-electron chi connectivity index (χ4n) is 2.23. The van der Waals surface area contributed by atoms with Crippen LogP contribution in [0.3, 0.4) is 0 Å². The molecule has 0 aromatic heterocycles. The van der Waals surface area contributed by atoms with E-state index in [0.29, 0.717) is 6.54 Å². The molecule has 3 N–H and O–H groups in total. The Balaban J connectivity index is 0.00000576. The molecule has 0 bridgehead atoms. The molecule has 0 aliphatic heterocycles. The number of nitrogens with zero attached hydrogens (tertiary/aromatic N) is 1. The molecule has 0 heterocycles. The minimum Gasteiger partial charge on any atom is -0.356 e. The molecule has 6 nitrogen and oxygen atoms in total. The van der Waals surface area contributed by atoms with E-state index in [1.807, 2.05) is 6.07 Å². The SMILES string of the molecule is CN=C(NCCCCC(C)C)NCc1cccc(S(=O)(=O)NC)c1.I. The van der Waals surface area contributed by atoms with E-state index in [1.54, 1.807) is 25.2 Å². The summed E-state index contributed by atoms with van der Waals surface area (Å²) in [5.41, 5.74) is 0.883. The van der Waals surface area contributed by atoms with Gasteiger partial charge in [-0.1, -0.05) is 38.8 Å². The van der Waals surface area contributed by atoms with Crippen molar-refractivity contribution >= 4 is 40.0 Å². The van der Waals surface area contributed by atoms with Crippen molar-refractivity contribution in [3.63, 3.8) is 0 Å². The predicted molar refractivity (Wildman–Crippen MR) is 115 cm³/mol. The highest BCUT2D eigenvalue weighted by Crippen LogP contribution is 2.11. The molecule has 0 saturated heterocycles. The zero-order chi connectivity index (χ0) is 18.0. The summed E-state index contributed by atoms with van der Waals surface area (Å²) in [5, 5.41) is 6.48. The van der Waals surface area contributed by atoms with Gasteiger partial charge in [0.2, 0.25) is 10.0 Å². The lowest BCUT2D eigenvalue weighted by atomic mass is 10.1. The first kappa shape index (κ1) is 24.1. The standard InChI is InChI=1S/C17H30N4O2S.HI/c1-14(2)8-5-6-11-20-17(18-3)21-13-15-9-7-10-16(12-15)24(22,23)19-4;/h7,9-10,12,14,19H,5-6,8,11,13H2,1-4H3,(H2,18,20,21);1H. The van der Waals surface area contributed by atoms with Gasteiger partial charge in [-0.05, 0) is 37.1 Å². The van der Waals surface area contributed by atoms with Crippen LogP contribution in [0.5, 0.6) is 0 Å². The zero-order valence-corrected chi connectivity index (χ0v) is 18.6. The Morgan fingerprint density at radius 3 is 2.52 bits per heavy atom. The normalized spacial score (nSPS) is 12.0. The third-order valence-electron chi connectivity index (χ3n) is 3.66. The van der Waals surface area contributed by atoms with Gasteiger partial charge in [-0.25, -0.2) is 13.1 Å². The molecule has 0 amide bonds. The quantitative estimate of drug-likeness (QED) is 0.219. The summed E-state index contributed by atoms with van der Waals surface area (Å²) in [7, 11) is -0.281. The van der Waals surface area contributed by atoms with E-state index >= 15 is 0 Å². The van der Waals surface area contributed by atoms with Crippen LogP contribution in [0.2, 0.25) is 0 Å². The van der Waals surface area contributed by atoms with Crippen molar-refractivity contribution in [2.24, 2.45) is 10.9 Å². The Bertz CT molecular complexity index is 633. The largest absolute Gasteiger partial charge is 0.356 e. The van der Waals surface area contributed by atoms with Crippen molar-refractivity contribution in [2.45, 2.75) is 44.6 Å². The first-order valence-electron chi connectivity index (χ1n) is 8.36. The molecule has 1 rings (SSSR count). The summed E-state index contributed by atoms with van der Waals surface area (Å²) in [6.45, 7) is 5.85. The molecule has 0 fully saturated rings. The van der Waals surface area contributed by atoms with Crippen LogP contribution in [0.25, 0.3) is 0 Å². The van der Waals surface area contributed by atoms with Crippen LogP contribution in [0, 0.1) is 5.92 Å². The highest BCUT2D eigenvalue weighted by Gasteiger charge is 2.11.